The molecule has 1 radical (unpaired) electrons. The molecule has 0 bridgehead atoms. The fraction of sp³-hybridized carbons (Fsp3) is 0.333. The van der Waals surface area contributed by atoms with Crippen LogP contribution in [-0.4, -0.2) is 33.0 Å². The van der Waals surface area contributed by atoms with E-state index in [0.29, 0.717) is 0 Å². The van der Waals surface area contributed by atoms with Gasteiger partial charge < -0.3 is 4.90 Å². The maximum atomic E-state index is 2.12. The molecular formula is C9H13LiN. The van der Waals surface area contributed by atoms with Crippen LogP contribution < -0.4 is 4.90 Å². The summed E-state index contributed by atoms with van der Waals surface area (Å²) in [5, 5.41) is 0. The summed E-state index contributed by atoms with van der Waals surface area (Å²) >= 11 is 0. The van der Waals surface area contributed by atoms with Crippen molar-refractivity contribution >= 4 is 24.5 Å². The predicted octanol–water partition coefficient (Wildman–Crippen LogP) is 1.68. The largest absolute Gasteiger partial charge is 0.378 e. The zero-order valence-corrected chi connectivity index (χ0v) is 7.76. The molecule has 0 fully saturated rings. The minimum atomic E-state index is 0. The molecule has 0 saturated heterocycles. The average Bonchev–Trinajstić information content (AvgIpc) is 1.88. The van der Waals surface area contributed by atoms with Crippen LogP contribution in [0.25, 0.3) is 0 Å². The third-order valence-corrected chi connectivity index (χ3v) is 1.55. The van der Waals surface area contributed by atoms with Gasteiger partial charge >= 0.3 is 0 Å². The first-order valence-corrected chi connectivity index (χ1v) is 3.44. The molecule has 0 aliphatic carbocycles. The van der Waals surface area contributed by atoms with E-state index in [-0.39, 0.29) is 18.9 Å². The van der Waals surface area contributed by atoms with Gasteiger partial charge in [-0.15, -0.1) is 0 Å². The van der Waals surface area contributed by atoms with E-state index in [0.717, 1.165) is 0 Å². The fourth-order valence-electron chi connectivity index (χ4n) is 0.843. The van der Waals surface area contributed by atoms with Gasteiger partial charge in [0.25, 0.3) is 0 Å². The number of benzene rings is 1. The summed E-state index contributed by atoms with van der Waals surface area (Å²) < 4.78 is 0. The van der Waals surface area contributed by atoms with Gasteiger partial charge in [-0.05, 0) is 19.1 Å². The van der Waals surface area contributed by atoms with Crippen molar-refractivity contribution in [3.63, 3.8) is 0 Å². The van der Waals surface area contributed by atoms with Gasteiger partial charge in [-0.2, -0.15) is 0 Å². The van der Waals surface area contributed by atoms with E-state index < -0.39 is 0 Å². The number of nitrogens with zero attached hydrogens (tertiary/aromatic N) is 1. The number of hydrogen-bond donors (Lipinski definition) is 0. The molecule has 0 amide bonds. The zero-order chi connectivity index (χ0) is 7.56. The van der Waals surface area contributed by atoms with Crippen LogP contribution in [-0.2, 0) is 0 Å². The first kappa shape index (κ1) is 10.6. The molecule has 0 spiro atoms. The summed E-state index contributed by atoms with van der Waals surface area (Å²) in [4.78, 5) is 2.10. The summed E-state index contributed by atoms with van der Waals surface area (Å²) in [5.41, 5.74) is 2.57. The van der Waals surface area contributed by atoms with Crippen LogP contribution in [0.3, 0.4) is 0 Å². The third kappa shape index (κ3) is 3.01. The zero-order valence-electron chi connectivity index (χ0n) is 7.76. The topological polar surface area (TPSA) is 3.24 Å². The Bertz CT molecular complexity index is 203. The Morgan fingerprint density at radius 1 is 1.00 bits per heavy atom. The van der Waals surface area contributed by atoms with E-state index in [1.165, 1.54) is 11.3 Å². The van der Waals surface area contributed by atoms with Crippen LogP contribution in [0.5, 0.6) is 0 Å². The molecule has 11 heavy (non-hydrogen) atoms. The van der Waals surface area contributed by atoms with Crippen molar-refractivity contribution in [2.75, 3.05) is 19.0 Å². The van der Waals surface area contributed by atoms with Crippen molar-refractivity contribution < 1.29 is 0 Å². The van der Waals surface area contributed by atoms with Crippen molar-refractivity contribution in [1.29, 1.82) is 0 Å². The molecule has 0 aliphatic heterocycles. The van der Waals surface area contributed by atoms with Gasteiger partial charge in [0.1, 0.15) is 0 Å². The molecule has 1 rings (SSSR count). The van der Waals surface area contributed by atoms with Crippen molar-refractivity contribution in [1.82, 2.24) is 0 Å². The molecule has 0 saturated carbocycles. The molecule has 0 unspecified atom stereocenters. The van der Waals surface area contributed by atoms with Gasteiger partial charge in [0.05, 0.1) is 0 Å². The van der Waals surface area contributed by atoms with Crippen LogP contribution >= 0.6 is 0 Å². The quantitative estimate of drug-likeness (QED) is 0.539. The first-order valence-electron chi connectivity index (χ1n) is 3.44. The van der Waals surface area contributed by atoms with E-state index in [2.05, 4.69) is 36.1 Å². The average molecular weight is 142 g/mol. The third-order valence-electron chi connectivity index (χ3n) is 1.55. The molecule has 55 valence electrons. The van der Waals surface area contributed by atoms with Crippen LogP contribution in [0, 0.1) is 6.92 Å². The smallest absolute Gasteiger partial charge is 0.0361 e. The van der Waals surface area contributed by atoms with Crippen LogP contribution in [0.4, 0.5) is 5.69 Å². The van der Waals surface area contributed by atoms with Crippen molar-refractivity contribution in [2.24, 2.45) is 0 Å². The Hall–Kier alpha value is -0.383. The minimum absolute atomic E-state index is 0. The Balaban J connectivity index is 0.000001000. The summed E-state index contributed by atoms with van der Waals surface area (Å²) in [6.45, 7) is 2.10. The number of hydrogen-bond acceptors (Lipinski definition) is 1. The molecule has 2 heteroatoms. The van der Waals surface area contributed by atoms with Crippen LogP contribution in [0.2, 0.25) is 0 Å². The summed E-state index contributed by atoms with van der Waals surface area (Å²) in [7, 11) is 4.09. The van der Waals surface area contributed by atoms with Gasteiger partial charge in [0.15, 0.2) is 0 Å². The second-order valence-corrected chi connectivity index (χ2v) is 2.73. The van der Waals surface area contributed by atoms with Crippen LogP contribution in [0.15, 0.2) is 24.3 Å². The van der Waals surface area contributed by atoms with E-state index in [1.54, 1.807) is 0 Å². The van der Waals surface area contributed by atoms with E-state index in [1.807, 2.05) is 14.1 Å². The Morgan fingerprint density at radius 2 is 1.45 bits per heavy atom. The molecule has 0 aliphatic rings. The number of aryl methyl sites for hydroxylation is 1. The Morgan fingerprint density at radius 3 is 1.82 bits per heavy atom. The summed E-state index contributed by atoms with van der Waals surface area (Å²) in [6, 6.07) is 8.48. The van der Waals surface area contributed by atoms with E-state index in [4.69, 9.17) is 0 Å². The van der Waals surface area contributed by atoms with E-state index in [9.17, 15) is 0 Å². The normalized spacial score (nSPS) is 8.64. The predicted molar refractivity (Wildman–Crippen MR) is 51.3 cm³/mol. The molecule has 1 nitrogen and oxygen atoms in total. The maximum Gasteiger partial charge on any atom is 0.0361 e. The van der Waals surface area contributed by atoms with Crippen molar-refractivity contribution in [2.45, 2.75) is 6.92 Å². The molecule has 1 aromatic carbocycles. The maximum absolute atomic E-state index is 2.12. The van der Waals surface area contributed by atoms with Gasteiger partial charge in [0, 0.05) is 38.6 Å². The van der Waals surface area contributed by atoms with E-state index >= 15 is 0 Å². The first-order chi connectivity index (χ1) is 4.70. The SMILES string of the molecule is Cc1ccc(N(C)C)cc1.[Li]. The molecular weight excluding hydrogens is 129 g/mol. The molecule has 0 heterocycles. The molecule has 0 aromatic heterocycles. The van der Waals surface area contributed by atoms with Crippen LogP contribution in [0.1, 0.15) is 5.56 Å². The monoisotopic (exact) mass is 142 g/mol. The van der Waals surface area contributed by atoms with Gasteiger partial charge in [-0.1, -0.05) is 17.7 Å². The Kier molecular flexibility index (Phi) is 4.33. The standard InChI is InChI=1S/C9H13N.Li/c1-8-4-6-9(7-5-8)10(2)3;/h4-7H,1-3H3;. The molecule has 1 aromatic rings. The van der Waals surface area contributed by atoms with Gasteiger partial charge in [-0.25, -0.2) is 0 Å². The second-order valence-electron chi connectivity index (χ2n) is 2.73. The number of anilines is 1. The number of rotatable bonds is 1. The molecule has 0 atom stereocenters. The molecule has 0 N–H and O–H groups in total. The Labute approximate surface area is 80.6 Å². The van der Waals surface area contributed by atoms with Gasteiger partial charge in [-0.3, -0.25) is 0 Å². The van der Waals surface area contributed by atoms with Crippen molar-refractivity contribution in [3.05, 3.63) is 29.8 Å². The van der Waals surface area contributed by atoms with Gasteiger partial charge in [0.2, 0.25) is 0 Å². The van der Waals surface area contributed by atoms with Crippen molar-refractivity contribution in [3.8, 4) is 0 Å². The second kappa shape index (κ2) is 4.49. The fourth-order valence-corrected chi connectivity index (χ4v) is 0.843. The summed E-state index contributed by atoms with van der Waals surface area (Å²) in [5.74, 6) is 0. The summed E-state index contributed by atoms with van der Waals surface area (Å²) in [6.07, 6.45) is 0. The minimum Gasteiger partial charge on any atom is -0.378 e.